The number of ether oxygens (including phenoxy) is 1. The number of halogens is 1. The van der Waals surface area contributed by atoms with E-state index < -0.39 is 0 Å². The van der Waals surface area contributed by atoms with Gasteiger partial charge >= 0.3 is 0 Å². The minimum absolute atomic E-state index is 0.385. The fourth-order valence-corrected chi connectivity index (χ4v) is 2.19. The van der Waals surface area contributed by atoms with Gasteiger partial charge in [-0.1, -0.05) is 25.4 Å². The standard InChI is InChI=1S/C11H14ClNO/c1-6(2)9-10(12)7(3)13-8-4-5-14-11(8)9/h6H,4-5H2,1-3H3. The van der Waals surface area contributed by atoms with E-state index in [4.69, 9.17) is 16.3 Å². The second-order valence-electron chi connectivity index (χ2n) is 3.95. The van der Waals surface area contributed by atoms with Gasteiger partial charge in [0.25, 0.3) is 0 Å². The molecule has 1 aliphatic heterocycles. The van der Waals surface area contributed by atoms with Crippen LogP contribution in [-0.2, 0) is 6.42 Å². The van der Waals surface area contributed by atoms with Crippen molar-refractivity contribution >= 4 is 11.6 Å². The summed E-state index contributed by atoms with van der Waals surface area (Å²) in [6.45, 7) is 6.94. The molecule has 1 aromatic rings. The first-order valence-electron chi connectivity index (χ1n) is 4.93. The number of fused-ring (bicyclic) bond motifs is 1. The maximum atomic E-state index is 6.23. The third-order valence-corrected chi connectivity index (χ3v) is 3.00. The van der Waals surface area contributed by atoms with Crippen molar-refractivity contribution in [2.24, 2.45) is 0 Å². The van der Waals surface area contributed by atoms with Crippen molar-refractivity contribution in [3.8, 4) is 5.75 Å². The van der Waals surface area contributed by atoms with Gasteiger partial charge in [0, 0.05) is 12.0 Å². The second-order valence-corrected chi connectivity index (χ2v) is 4.33. The van der Waals surface area contributed by atoms with Crippen LogP contribution in [0.2, 0.25) is 5.02 Å². The van der Waals surface area contributed by atoms with Gasteiger partial charge in [-0.25, -0.2) is 0 Å². The third-order valence-electron chi connectivity index (χ3n) is 2.53. The van der Waals surface area contributed by atoms with Gasteiger partial charge in [0.05, 0.1) is 23.0 Å². The normalized spacial score (nSPS) is 14.4. The average molecular weight is 212 g/mol. The van der Waals surface area contributed by atoms with Gasteiger partial charge in [-0.3, -0.25) is 4.98 Å². The zero-order chi connectivity index (χ0) is 10.3. The Kier molecular flexibility index (Phi) is 2.40. The summed E-state index contributed by atoms with van der Waals surface area (Å²) in [4.78, 5) is 4.44. The van der Waals surface area contributed by atoms with E-state index in [2.05, 4.69) is 18.8 Å². The molecule has 0 amide bonds. The number of pyridine rings is 1. The predicted molar refractivity (Wildman–Crippen MR) is 57.3 cm³/mol. The Labute approximate surface area is 89.3 Å². The SMILES string of the molecule is Cc1nc2c(c(C(C)C)c1Cl)OCC2. The van der Waals surface area contributed by atoms with Gasteiger partial charge in [-0.05, 0) is 12.8 Å². The lowest BCUT2D eigenvalue weighted by molar-refractivity contribution is 0.352. The zero-order valence-electron chi connectivity index (χ0n) is 8.72. The molecule has 0 bridgehead atoms. The van der Waals surface area contributed by atoms with Crippen LogP contribution in [0.25, 0.3) is 0 Å². The van der Waals surface area contributed by atoms with E-state index in [1.807, 2.05) is 6.92 Å². The molecule has 0 aromatic carbocycles. The lowest BCUT2D eigenvalue weighted by Gasteiger charge is -2.14. The monoisotopic (exact) mass is 211 g/mol. The number of hydrogen-bond donors (Lipinski definition) is 0. The largest absolute Gasteiger partial charge is 0.491 e. The van der Waals surface area contributed by atoms with Gasteiger partial charge in [-0.15, -0.1) is 0 Å². The maximum Gasteiger partial charge on any atom is 0.145 e. The van der Waals surface area contributed by atoms with Crippen LogP contribution < -0.4 is 4.74 Å². The van der Waals surface area contributed by atoms with Crippen LogP contribution >= 0.6 is 11.6 Å². The van der Waals surface area contributed by atoms with E-state index >= 15 is 0 Å². The van der Waals surface area contributed by atoms with Crippen molar-refractivity contribution in [2.75, 3.05) is 6.61 Å². The fourth-order valence-electron chi connectivity index (χ4n) is 1.85. The number of aromatic nitrogens is 1. The highest BCUT2D eigenvalue weighted by Gasteiger charge is 2.23. The smallest absolute Gasteiger partial charge is 0.145 e. The number of rotatable bonds is 1. The summed E-state index contributed by atoms with van der Waals surface area (Å²) < 4.78 is 5.58. The van der Waals surface area contributed by atoms with Crippen molar-refractivity contribution in [3.63, 3.8) is 0 Å². The summed E-state index contributed by atoms with van der Waals surface area (Å²) in [6, 6.07) is 0. The van der Waals surface area contributed by atoms with Gasteiger partial charge in [0.15, 0.2) is 0 Å². The fraction of sp³-hybridized carbons (Fsp3) is 0.545. The molecule has 2 nitrogen and oxygen atoms in total. The van der Waals surface area contributed by atoms with Crippen LogP contribution in [0.3, 0.4) is 0 Å². The van der Waals surface area contributed by atoms with Crippen LogP contribution in [0.15, 0.2) is 0 Å². The Balaban J connectivity index is 2.66. The van der Waals surface area contributed by atoms with Crippen molar-refractivity contribution in [1.29, 1.82) is 0 Å². The molecule has 0 fully saturated rings. The van der Waals surface area contributed by atoms with Crippen molar-refractivity contribution in [3.05, 3.63) is 22.0 Å². The van der Waals surface area contributed by atoms with Gasteiger partial charge in [0.1, 0.15) is 5.75 Å². The summed E-state index contributed by atoms with van der Waals surface area (Å²) in [5.41, 5.74) is 3.10. The van der Waals surface area contributed by atoms with E-state index in [9.17, 15) is 0 Å². The Bertz CT molecular complexity index is 374. The van der Waals surface area contributed by atoms with Gasteiger partial charge in [-0.2, -0.15) is 0 Å². The molecule has 0 aliphatic carbocycles. The molecule has 0 atom stereocenters. The van der Waals surface area contributed by atoms with Gasteiger partial charge in [0.2, 0.25) is 0 Å². The maximum absolute atomic E-state index is 6.23. The highest BCUT2D eigenvalue weighted by Crippen LogP contribution is 2.39. The molecule has 1 aliphatic rings. The summed E-state index contributed by atoms with van der Waals surface area (Å²) in [5, 5.41) is 0.764. The second kappa shape index (κ2) is 3.43. The van der Waals surface area contributed by atoms with Crippen LogP contribution in [0.5, 0.6) is 5.75 Å². The molecule has 1 aromatic heterocycles. The third kappa shape index (κ3) is 1.38. The van der Waals surface area contributed by atoms with E-state index in [-0.39, 0.29) is 0 Å². The molecule has 0 saturated heterocycles. The highest BCUT2D eigenvalue weighted by molar-refractivity contribution is 6.32. The average Bonchev–Trinajstić information content (AvgIpc) is 2.52. The molecule has 14 heavy (non-hydrogen) atoms. The number of hydrogen-bond acceptors (Lipinski definition) is 2. The summed E-state index contributed by atoms with van der Waals surface area (Å²) in [7, 11) is 0. The Hall–Kier alpha value is -0.760. The first-order chi connectivity index (χ1) is 6.61. The predicted octanol–water partition coefficient (Wildman–Crippen LogP) is 3.10. The Morgan fingerprint density at radius 3 is 2.79 bits per heavy atom. The minimum atomic E-state index is 0.385. The summed E-state index contributed by atoms with van der Waals surface area (Å²) in [5.74, 6) is 1.31. The quantitative estimate of drug-likeness (QED) is 0.712. The van der Waals surface area contributed by atoms with E-state index in [0.29, 0.717) is 5.92 Å². The van der Waals surface area contributed by atoms with E-state index in [0.717, 1.165) is 40.8 Å². The van der Waals surface area contributed by atoms with Gasteiger partial charge < -0.3 is 4.74 Å². The molecule has 0 saturated carbocycles. The van der Waals surface area contributed by atoms with Crippen LogP contribution in [0.1, 0.15) is 36.7 Å². The molecule has 0 unspecified atom stereocenters. The molecular formula is C11H14ClNO. The summed E-state index contributed by atoms with van der Waals surface area (Å²) in [6.07, 6.45) is 0.910. The topological polar surface area (TPSA) is 22.1 Å². The van der Waals surface area contributed by atoms with Crippen molar-refractivity contribution in [2.45, 2.75) is 33.1 Å². The molecule has 2 rings (SSSR count). The first-order valence-corrected chi connectivity index (χ1v) is 5.30. The molecule has 0 spiro atoms. The first kappa shape index (κ1) is 9.78. The lowest BCUT2D eigenvalue weighted by Crippen LogP contribution is -1.99. The molecule has 3 heteroatoms. The van der Waals surface area contributed by atoms with Crippen molar-refractivity contribution < 1.29 is 4.74 Å². The van der Waals surface area contributed by atoms with E-state index in [1.165, 1.54) is 0 Å². The molecule has 0 N–H and O–H groups in total. The molecule has 2 heterocycles. The van der Waals surface area contributed by atoms with Crippen LogP contribution in [-0.4, -0.2) is 11.6 Å². The Morgan fingerprint density at radius 2 is 2.14 bits per heavy atom. The molecule has 0 radical (unpaired) electrons. The lowest BCUT2D eigenvalue weighted by atomic mass is 10.0. The highest BCUT2D eigenvalue weighted by atomic mass is 35.5. The van der Waals surface area contributed by atoms with E-state index in [1.54, 1.807) is 0 Å². The summed E-state index contributed by atoms with van der Waals surface area (Å²) >= 11 is 6.23. The van der Waals surface area contributed by atoms with Crippen molar-refractivity contribution in [1.82, 2.24) is 4.98 Å². The van der Waals surface area contributed by atoms with Crippen LogP contribution in [0.4, 0.5) is 0 Å². The minimum Gasteiger partial charge on any atom is -0.491 e. The molecule has 76 valence electrons. The number of nitrogens with zero attached hydrogens (tertiary/aromatic N) is 1. The molecular weight excluding hydrogens is 198 g/mol. The van der Waals surface area contributed by atoms with Crippen LogP contribution in [0, 0.1) is 6.92 Å². The number of aryl methyl sites for hydroxylation is 1. The Morgan fingerprint density at radius 1 is 1.43 bits per heavy atom. The zero-order valence-corrected chi connectivity index (χ0v) is 9.48.